The Morgan fingerprint density at radius 1 is 0.259 bits per heavy atom. The lowest BCUT2D eigenvalue weighted by Gasteiger charge is -2.32. The third kappa shape index (κ3) is 4.52. The number of nitrogens with zero attached hydrogens (tertiary/aromatic N) is 1. The van der Waals surface area contributed by atoms with Crippen molar-refractivity contribution in [2.45, 2.75) is 5.41 Å². The number of rotatable bonds is 5. The molecule has 54 heavy (non-hydrogen) atoms. The average molecular weight is 686 g/mol. The summed E-state index contributed by atoms with van der Waals surface area (Å²) in [6, 6.07) is 78.2. The van der Waals surface area contributed by atoms with Crippen molar-refractivity contribution in [1.82, 2.24) is 0 Å². The van der Waals surface area contributed by atoms with Gasteiger partial charge >= 0.3 is 0 Å². The van der Waals surface area contributed by atoms with Crippen molar-refractivity contribution in [1.29, 1.82) is 0 Å². The molecule has 0 bridgehead atoms. The zero-order valence-corrected chi connectivity index (χ0v) is 29.7. The summed E-state index contributed by atoms with van der Waals surface area (Å²) in [5, 5.41) is 2.49. The second-order valence-electron chi connectivity index (χ2n) is 14.5. The van der Waals surface area contributed by atoms with E-state index < -0.39 is 5.41 Å². The van der Waals surface area contributed by atoms with Gasteiger partial charge in [0.15, 0.2) is 0 Å². The SMILES string of the molecule is c1ccc(-c2ccc3ccc(-c4ccc(N(c5ccccc5)c5ccc6c(c5)C5(c7ccccc7-c7ccccc75)c5ccccc5-6)cc4)cc3c2)cc1. The number of benzene rings is 9. The molecule has 9 aromatic rings. The molecule has 0 N–H and O–H groups in total. The molecule has 0 amide bonds. The molecule has 9 aromatic carbocycles. The fourth-order valence-corrected chi connectivity index (χ4v) is 9.29. The molecule has 0 unspecified atom stereocenters. The maximum atomic E-state index is 2.46. The van der Waals surface area contributed by atoms with E-state index in [-0.39, 0.29) is 0 Å². The maximum absolute atomic E-state index is 2.46. The van der Waals surface area contributed by atoms with Gasteiger partial charge in [0.1, 0.15) is 0 Å². The van der Waals surface area contributed by atoms with E-state index in [9.17, 15) is 0 Å². The van der Waals surface area contributed by atoms with Crippen LogP contribution in [0.3, 0.4) is 0 Å². The van der Waals surface area contributed by atoms with Gasteiger partial charge < -0.3 is 4.90 Å². The molecule has 2 aliphatic rings. The van der Waals surface area contributed by atoms with E-state index in [4.69, 9.17) is 0 Å². The highest BCUT2D eigenvalue weighted by Crippen LogP contribution is 2.63. The molecule has 0 fully saturated rings. The lowest BCUT2D eigenvalue weighted by atomic mass is 9.70. The van der Waals surface area contributed by atoms with Gasteiger partial charge in [-0.1, -0.05) is 164 Å². The number of hydrogen-bond donors (Lipinski definition) is 0. The van der Waals surface area contributed by atoms with Gasteiger partial charge in [0.2, 0.25) is 0 Å². The van der Waals surface area contributed by atoms with E-state index in [1.54, 1.807) is 0 Å². The Kier molecular flexibility index (Phi) is 6.84. The molecule has 0 saturated carbocycles. The lowest BCUT2D eigenvalue weighted by molar-refractivity contribution is 0.793. The van der Waals surface area contributed by atoms with E-state index in [0.717, 1.165) is 17.1 Å². The van der Waals surface area contributed by atoms with Crippen molar-refractivity contribution in [2.24, 2.45) is 0 Å². The first-order valence-electron chi connectivity index (χ1n) is 18.8. The standard InChI is InChI=1S/C53H35N/c1-3-13-36(14-4-1)39-25-23-38-24-26-40(34-41(38)33-39)37-27-29-43(30-28-37)54(42-15-5-2-6-16-42)44-31-32-48-47-19-9-12-22-51(47)53(52(48)35-44)49-20-10-7-17-45(49)46-18-8-11-21-50(46)53/h1-35H. The van der Waals surface area contributed by atoms with Crippen LogP contribution in [-0.2, 0) is 5.41 Å². The molecule has 1 heteroatoms. The number of fused-ring (bicyclic) bond motifs is 11. The Labute approximate surface area is 316 Å². The zero-order chi connectivity index (χ0) is 35.6. The second-order valence-corrected chi connectivity index (χ2v) is 14.5. The summed E-state index contributed by atoms with van der Waals surface area (Å²) in [5.41, 5.74) is 18.5. The Bertz CT molecular complexity index is 2810. The molecular formula is C53H35N. The van der Waals surface area contributed by atoms with Crippen LogP contribution >= 0.6 is 0 Å². The fourth-order valence-electron chi connectivity index (χ4n) is 9.29. The van der Waals surface area contributed by atoms with Crippen molar-refractivity contribution < 1.29 is 0 Å². The Morgan fingerprint density at radius 2 is 0.685 bits per heavy atom. The minimum Gasteiger partial charge on any atom is -0.310 e. The van der Waals surface area contributed by atoms with Crippen molar-refractivity contribution >= 4 is 27.8 Å². The van der Waals surface area contributed by atoms with Gasteiger partial charge in [0, 0.05) is 17.1 Å². The molecule has 0 atom stereocenters. The summed E-state index contributed by atoms with van der Waals surface area (Å²) < 4.78 is 0. The van der Waals surface area contributed by atoms with Crippen molar-refractivity contribution in [3.8, 4) is 44.5 Å². The summed E-state index contributed by atoms with van der Waals surface area (Å²) in [5.74, 6) is 0. The van der Waals surface area contributed by atoms with Crippen LogP contribution in [0.4, 0.5) is 17.1 Å². The van der Waals surface area contributed by atoms with Crippen molar-refractivity contribution in [3.63, 3.8) is 0 Å². The normalized spacial score (nSPS) is 13.0. The van der Waals surface area contributed by atoms with Crippen LogP contribution < -0.4 is 4.90 Å². The number of para-hydroxylation sites is 1. The molecule has 0 aromatic heterocycles. The first-order valence-corrected chi connectivity index (χ1v) is 18.8. The molecule has 0 aliphatic heterocycles. The Hall–Kier alpha value is -6.96. The fraction of sp³-hybridized carbons (Fsp3) is 0.0189. The Morgan fingerprint density at radius 3 is 1.26 bits per heavy atom. The first kappa shape index (κ1) is 30.6. The minimum absolute atomic E-state index is 0.391. The van der Waals surface area contributed by atoms with Gasteiger partial charge in [0.25, 0.3) is 0 Å². The average Bonchev–Trinajstić information content (AvgIpc) is 3.71. The Balaban J connectivity index is 1.04. The minimum atomic E-state index is -0.391. The smallest absolute Gasteiger partial charge is 0.0726 e. The van der Waals surface area contributed by atoms with E-state index in [1.807, 2.05) is 0 Å². The van der Waals surface area contributed by atoms with Crippen LogP contribution in [-0.4, -0.2) is 0 Å². The van der Waals surface area contributed by atoms with Crippen molar-refractivity contribution in [3.05, 3.63) is 235 Å². The summed E-state index contributed by atoms with van der Waals surface area (Å²) >= 11 is 0. The molecule has 0 heterocycles. The highest BCUT2D eigenvalue weighted by atomic mass is 15.1. The number of anilines is 3. The molecule has 2 aliphatic carbocycles. The third-order valence-corrected chi connectivity index (χ3v) is 11.7. The van der Waals surface area contributed by atoms with Gasteiger partial charge in [0.05, 0.1) is 5.41 Å². The van der Waals surface area contributed by atoms with Gasteiger partial charge in [-0.15, -0.1) is 0 Å². The van der Waals surface area contributed by atoms with E-state index in [1.165, 1.54) is 77.5 Å². The monoisotopic (exact) mass is 685 g/mol. The molecule has 1 nitrogen and oxygen atoms in total. The molecule has 1 spiro atoms. The first-order chi connectivity index (χ1) is 26.8. The second kappa shape index (κ2) is 12.0. The topological polar surface area (TPSA) is 3.24 Å². The summed E-state index contributed by atoms with van der Waals surface area (Å²) in [7, 11) is 0. The molecule has 0 radical (unpaired) electrons. The molecule has 11 rings (SSSR count). The molecule has 252 valence electrons. The van der Waals surface area contributed by atoms with Crippen LogP contribution in [0.25, 0.3) is 55.3 Å². The van der Waals surface area contributed by atoms with Gasteiger partial charge in [-0.05, 0) is 126 Å². The largest absolute Gasteiger partial charge is 0.310 e. The van der Waals surface area contributed by atoms with E-state index in [0.29, 0.717) is 0 Å². The summed E-state index contributed by atoms with van der Waals surface area (Å²) in [4.78, 5) is 2.40. The summed E-state index contributed by atoms with van der Waals surface area (Å²) in [6.45, 7) is 0. The predicted octanol–water partition coefficient (Wildman–Crippen LogP) is 14.0. The quantitative estimate of drug-likeness (QED) is 0.174. The lowest BCUT2D eigenvalue weighted by Crippen LogP contribution is -2.26. The predicted molar refractivity (Wildman–Crippen MR) is 226 cm³/mol. The summed E-state index contributed by atoms with van der Waals surface area (Å²) in [6.07, 6.45) is 0. The van der Waals surface area contributed by atoms with Gasteiger partial charge in [-0.2, -0.15) is 0 Å². The maximum Gasteiger partial charge on any atom is 0.0726 e. The van der Waals surface area contributed by atoms with E-state index >= 15 is 0 Å². The van der Waals surface area contributed by atoms with Crippen LogP contribution in [0.5, 0.6) is 0 Å². The van der Waals surface area contributed by atoms with Crippen LogP contribution in [0.15, 0.2) is 212 Å². The number of hydrogen-bond acceptors (Lipinski definition) is 1. The van der Waals surface area contributed by atoms with Crippen molar-refractivity contribution in [2.75, 3.05) is 4.90 Å². The third-order valence-electron chi connectivity index (χ3n) is 11.7. The zero-order valence-electron chi connectivity index (χ0n) is 29.7. The highest BCUT2D eigenvalue weighted by molar-refractivity contribution is 5.96. The van der Waals surface area contributed by atoms with Gasteiger partial charge in [-0.3, -0.25) is 0 Å². The van der Waals surface area contributed by atoms with Gasteiger partial charge in [-0.25, -0.2) is 0 Å². The van der Waals surface area contributed by atoms with Crippen LogP contribution in [0.2, 0.25) is 0 Å². The molecular weight excluding hydrogens is 651 g/mol. The highest BCUT2D eigenvalue weighted by Gasteiger charge is 2.51. The molecule has 0 saturated heterocycles. The van der Waals surface area contributed by atoms with E-state index in [2.05, 4.69) is 217 Å². The van der Waals surface area contributed by atoms with Crippen LogP contribution in [0, 0.1) is 0 Å². The van der Waals surface area contributed by atoms with Crippen LogP contribution in [0.1, 0.15) is 22.3 Å².